The number of benzene rings is 2. The molecule has 4 rings (SSSR count). The third-order valence-corrected chi connectivity index (χ3v) is 5.76. The molecule has 0 saturated carbocycles. The monoisotopic (exact) mass is 468 g/mol. The minimum Gasteiger partial charge on any atom is -0.434 e. The molecule has 9 heteroatoms. The smallest absolute Gasteiger partial charge is 0.387 e. The molecule has 2 aromatic heterocycles. The van der Waals surface area contributed by atoms with E-state index in [1.807, 2.05) is 19.1 Å². The summed E-state index contributed by atoms with van der Waals surface area (Å²) in [4.78, 5) is 21.4. The molecule has 0 bridgehead atoms. The number of rotatable bonds is 7. The van der Waals surface area contributed by atoms with E-state index < -0.39 is 12.2 Å². The Hall–Kier alpha value is -3.59. The van der Waals surface area contributed by atoms with Crippen LogP contribution >= 0.6 is 0 Å². The Morgan fingerprint density at radius 2 is 1.79 bits per heavy atom. The molecule has 0 aliphatic carbocycles. The molecule has 7 nitrogen and oxygen atoms in total. The molecule has 0 fully saturated rings. The zero-order valence-electron chi connectivity index (χ0n) is 19.4. The molecule has 2 heterocycles. The molecule has 178 valence electrons. The van der Waals surface area contributed by atoms with Crippen molar-refractivity contribution in [3.05, 3.63) is 76.1 Å². The highest BCUT2D eigenvalue weighted by Crippen LogP contribution is 2.27. The first-order valence-corrected chi connectivity index (χ1v) is 10.9. The summed E-state index contributed by atoms with van der Waals surface area (Å²) in [6.45, 7) is 2.41. The van der Waals surface area contributed by atoms with E-state index in [1.165, 1.54) is 10.7 Å². The molecular formula is C25H26F2N4O3. The maximum atomic E-state index is 13.0. The normalized spacial score (nSPS) is 12.0. The average molecular weight is 469 g/mol. The van der Waals surface area contributed by atoms with Gasteiger partial charge in [-0.25, -0.2) is 9.97 Å². The largest absolute Gasteiger partial charge is 0.434 e. The summed E-state index contributed by atoms with van der Waals surface area (Å²) < 4.78 is 33.9. The second kappa shape index (κ2) is 8.98. The van der Waals surface area contributed by atoms with Gasteiger partial charge in [0.1, 0.15) is 11.4 Å². The third-order valence-electron chi connectivity index (χ3n) is 5.76. The van der Waals surface area contributed by atoms with E-state index in [-0.39, 0.29) is 17.9 Å². The lowest BCUT2D eigenvalue weighted by atomic mass is 10.1. The van der Waals surface area contributed by atoms with Crippen molar-refractivity contribution < 1.29 is 18.6 Å². The Kier molecular flexibility index (Phi) is 6.22. The zero-order chi connectivity index (χ0) is 24.6. The molecule has 0 aliphatic heterocycles. The van der Waals surface area contributed by atoms with Crippen LogP contribution in [0.4, 0.5) is 8.78 Å². The molecule has 2 aromatic carbocycles. The van der Waals surface area contributed by atoms with Gasteiger partial charge in [-0.2, -0.15) is 8.78 Å². The fourth-order valence-corrected chi connectivity index (χ4v) is 3.88. The van der Waals surface area contributed by atoms with Crippen LogP contribution in [0.25, 0.3) is 22.0 Å². The first kappa shape index (κ1) is 23.6. The second-order valence-electron chi connectivity index (χ2n) is 8.65. The number of aliphatic hydroxyl groups is 1. The fraction of sp³-hybridized carbons (Fsp3) is 0.320. The predicted molar refractivity (Wildman–Crippen MR) is 125 cm³/mol. The van der Waals surface area contributed by atoms with Crippen molar-refractivity contribution in [2.24, 2.45) is 7.05 Å². The molecule has 0 atom stereocenters. The van der Waals surface area contributed by atoms with Crippen LogP contribution in [0.1, 0.15) is 37.7 Å². The number of nitrogens with zero attached hydrogens (tertiary/aromatic N) is 4. The highest BCUT2D eigenvalue weighted by atomic mass is 19.3. The number of hydrogen-bond donors (Lipinski definition) is 1. The van der Waals surface area contributed by atoms with E-state index in [2.05, 4.69) is 9.97 Å². The van der Waals surface area contributed by atoms with E-state index in [0.29, 0.717) is 27.9 Å². The van der Waals surface area contributed by atoms with Crippen LogP contribution in [-0.2, 0) is 25.6 Å². The number of aromatic nitrogens is 4. The topological polar surface area (TPSA) is 82.2 Å². The third kappa shape index (κ3) is 4.56. The molecular weight excluding hydrogens is 442 g/mol. The molecule has 0 amide bonds. The minimum absolute atomic E-state index is 0.0771. The van der Waals surface area contributed by atoms with Gasteiger partial charge in [0.2, 0.25) is 0 Å². The zero-order valence-corrected chi connectivity index (χ0v) is 19.4. The van der Waals surface area contributed by atoms with Gasteiger partial charge >= 0.3 is 6.61 Å². The maximum absolute atomic E-state index is 13.0. The molecule has 34 heavy (non-hydrogen) atoms. The summed E-state index contributed by atoms with van der Waals surface area (Å²) in [5.74, 6) is 0.379. The maximum Gasteiger partial charge on any atom is 0.387 e. The van der Waals surface area contributed by atoms with E-state index in [4.69, 9.17) is 4.74 Å². The SMILES string of the molecule is CCc1ccc(OC(F)F)c(Cn2c3cc(-c4cnc(C(C)(C)O)nc4)ccc3c(=O)n2C)c1. The number of hydrogen-bond acceptors (Lipinski definition) is 5. The molecule has 4 aromatic rings. The number of ether oxygens (including phenoxy) is 1. The molecule has 0 saturated heterocycles. The Morgan fingerprint density at radius 3 is 2.41 bits per heavy atom. The first-order valence-electron chi connectivity index (χ1n) is 10.9. The lowest BCUT2D eigenvalue weighted by molar-refractivity contribution is -0.0505. The number of alkyl halides is 2. The fourth-order valence-electron chi connectivity index (χ4n) is 3.88. The predicted octanol–water partition coefficient (Wildman–Crippen LogP) is 4.24. The van der Waals surface area contributed by atoms with Gasteiger partial charge in [-0.05, 0) is 49.6 Å². The Bertz CT molecular complexity index is 1390. The van der Waals surface area contributed by atoms with Crippen molar-refractivity contribution in [3.63, 3.8) is 0 Å². The van der Waals surface area contributed by atoms with Gasteiger partial charge < -0.3 is 9.84 Å². The summed E-state index contributed by atoms with van der Waals surface area (Å²) in [5.41, 5.74) is 2.30. The highest BCUT2D eigenvalue weighted by molar-refractivity contribution is 5.84. The van der Waals surface area contributed by atoms with Crippen LogP contribution in [0.3, 0.4) is 0 Å². The molecule has 0 radical (unpaired) electrons. The van der Waals surface area contributed by atoms with Crippen LogP contribution in [0.5, 0.6) is 5.75 Å². The van der Waals surface area contributed by atoms with Gasteiger partial charge in [0.25, 0.3) is 5.56 Å². The molecule has 0 spiro atoms. The lowest BCUT2D eigenvalue weighted by Gasteiger charge is -2.16. The van der Waals surface area contributed by atoms with Gasteiger partial charge in [-0.15, -0.1) is 0 Å². The molecule has 1 N–H and O–H groups in total. The Morgan fingerprint density at radius 1 is 1.09 bits per heavy atom. The van der Waals surface area contributed by atoms with Crippen molar-refractivity contribution >= 4 is 10.9 Å². The van der Waals surface area contributed by atoms with Crippen LogP contribution in [-0.4, -0.2) is 31.0 Å². The van der Waals surface area contributed by atoms with Crippen LogP contribution in [0.2, 0.25) is 0 Å². The summed E-state index contributed by atoms with van der Waals surface area (Å²) in [7, 11) is 1.64. The van der Waals surface area contributed by atoms with Gasteiger partial charge in [-0.3, -0.25) is 14.2 Å². The van der Waals surface area contributed by atoms with Crippen LogP contribution in [0.15, 0.2) is 53.6 Å². The summed E-state index contributed by atoms with van der Waals surface area (Å²) in [6, 6.07) is 10.5. The van der Waals surface area contributed by atoms with E-state index in [9.17, 15) is 18.7 Å². The number of fused-ring (bicyclic) bond motifs is 1. The summed E-state index contributed by atoms with van der Waals surface area (Å²) in [5, 5.41) is 10.6. The Labute approximate surface area is 195 Å². The summed E-state index contributed by atoms with van der Waals surface area (Å²) >= 11 is 0. The van der Waals surface area contributed by atoms with Crippen molar-refractivity contribution in [3.8, 4) is 16.9 Å². The van der Waals surface area contributed by atoms with E-state index in [0.717, 1.165) is 17.5 Å². The highest BCUT2D eigenvalue weighted by Gasteiger charge is 2.20. The second-order valence-corrected chi connectivity index (χ2v) is 8.65. The standard InChI is InChI=1S/C25H26F2N4O3/c1-5-15-6-9-21(34-24(26)27)17(10-15)14-31-20-11-16(7-8-19(20)22(32)30(31)4)18-12-28-23(29-13-18)25(2,3)33/h6-13,24,33H,5,14H2,1-4H3. The van der Waals surface area contributed by atoms with Gasteiger partial charge in [0.15, 0.2) is 5.82 Å². The van der Waals surface area contributed by atoms with Crippen molar-refractivity contribution in [2.45, 2.75) is 45.9 Å². The summed E-state index contributed by atoms with van der Waals surface area (Å²) in [6.07, 6.45) is 3.97. The van der Waals surface area contributed by atoms with Gasteiger partial charge in [0, 0.05) is 30.6 Å². The van der Waals surface area contributed by atoms with E-state index >= 15 is 0 Å². The van der Waals surface area contributed by atoms with Crippen LogP contribution in [0, 0.1) is 0 Å². The lowest BCUT2D eigenvalue weighted by Crippen LogP contribution is -2.20. The van der Waals surface area contributed by atoms with Gasteiger partial charge in [-0.1, -0.05) is 25.1 Å². The van der Waals surface area contributed by atoms with Crippen molar-refractivity contribution in [1.29, 1.82) is 0 Å². The van der Waals surface area contributed by atoms with Crippen LogP contribution < -0.4 is 10.3 Å². The van der Waals surface area contributed by atoms with Crippen molar-refractivity contribution in [1.82, 2.24) is 19.3 Å². The number of aryl methyl sites for hydroxylation is 1. The van der Waals surface area contributed by atoms with E-state index in [1.54, 1.807) is 56.2 Å². The molecule has 0 unspecified atom stereocenters. The number of halogens is 2. The first-order chi connectivity index (χ1) is 16.1. The quantitative estimate of drug-likeness (QED) is 0.439. The minimum atomic E-state index is -2.95. The molecule has 0 aliphatic rings. The van der Waals surface area contributed by atoms with Gasteiger partial charge in [0.05, 0.1) is 17.4 Å². The Balaban J connectivity index is 1.80. The average Bonchev–Trinajstić information content (AvgIpc) is 3.03. The van der Waals surface area contributed by atoms with Crippen molar-refractivity contribution in [2.75, 3.05) is 0 Å².